The summed E-state index contributed by atoms with van der Waals surface area (Å²) < 4.78 is 32.6. The van der Waals surface area contributed by atoms with Crippen LogP contribution in [-0.2, 0) is 24.3 Å². The number of amides is 3. The molecule has 1 fully saturated rings. The van der Waals surface area contributed by atoms with E-state index in [2.05, 4.69) is 10.0 Å². The number of halogens is 2. The Morgan fingerprint density at radius 2 is 1.64 bits per heavy atom. The highest BCUT2D eigenvalue weighted by molar-refractivity contribution is 7.89. The zero-order valence-electron chi connectivity index (χ0n) is 21.1. The van der Waals surface area contributed by atoms with Crippen molar-refractivity contribution in [3.8, 4) is 0 Å². The lowest BCUT2D eigenvalue weighted by Gasteiger charge is -2.37. The van der Waals surface area contributed by atoms with Gasteiger partial charge in [-0.1, -0.05) is 37.0 Å². The van der Waals surface area contributed by atoms with Gasteiger partial charge in [-0.3, -0.25) is 9.59 Å². The molecule has 0 radical (unpaired) electrons. The van der Waals surface area contributed by atoms with E-state index >= 15 is 0 Å². The van der Waals surface area contributed by atoms with E-state index in [0.717, 1.165) is 0 Å². The lowest BCUT2D eigenvalue weighted by atomic mass is 10.0. The van der Waals surface area contributed by atoms with Crippen LogP contribution in [0.5, 0.6) is 0 Å². The second-order valence-electron chi connectivity index (χ2n) is 9.93. The number of rotatable bonds is 8. The largest absolute Gasteiger partial charge is 0.444 e. The number of nitrogens with zero attached hydrogens (tertiary/aromatic N) is 2. The number of hydrogen-bond donors (Lipinski definition) is 2. The third-order valence-corrected chi connectivity index (χ3v) is 7.36. The summed E-state index contributed by atoms with van der Waals surface area (Å²) >= 11 is 11.8. The molecule has 36 heavy (non-hydrogen) atoms. The Bertz CT molecular complexity index is 1070. The van der Waals surface area contributed by atoms with E-state index in [1.54, 1.807) is 25.7 Å². The number of sulfonamides is 1. The molecule has 1 aromatic rings. The average Bonchev–Trinajstić information content (AvgIpc) is 2.75. The van der Waals surface area contributed by atoms with Crippen molar-refractivity contribution in [2.24, 2.45) is 5.92 Å². The molecule has 1 atom stereocenters. The molecule has 202 valence electrons. The van der Waals surface area contributed by atoms with E-state index in [0.29, 0.717) is 11.4 Å². The number of benzene rings is 1. The van der Waals surface area contributed by atoms with Gasteiger partial charge in [0.2, 0.25) is 21.8 Å². The molecule has 1 aliphatic rings. The van der Waals surface area contributed by atoms with Crippen LogP contribution in [0.2, 0.25) is 10.0 Å². The van der Waals surface area contributed by atoms with Crippen molar-refractivity contribution in [3.63, 3.8) is 0 Å². The van der Waals surface area contributed by atoms with Gasteiger partial charge in [-0.15, -0.1) is 0 Å². The maximum Gasteiger partial charge on any atom is 0.408 e. The monoisotopic (exact) mass is 564 g/mol. The predicted molar refractivity (Wildman–Crippen MR) is 137 cm³/mol. The van der Waals surface area contributed by atoms with Crippen LogP contribution in [0.4, 0.5) is 4.79 Å². The second kappa shape index (κ2) is 12.4. The molecule has 10 nitrogen and oxygen atoms in total. The summed E-state index contributed by atoms with van der Waals surface area (Å²) in [6.07, 6.45) is -0.227. The molecule has 1 aliphatic heterocycles. The molecular formula is C23H34Cl2N4O6S. The molecule has 0 bridgehead atoms. The van der Waals surface area contributed by atoms with E-state index in [-0.39, 0.29) is 47.9 Å². The molecule has 0 aromatic heterocycles. The standard InChI is InChI=1S/C23H34Cl2N4O6S/c1-15(2)12-18(27-22(32)35-23(3,4)5)21(31)29-10-8-28(9-11-29)20(30)14-26-36(33,34)19-7-6-16(24)13-17(19)25/h6-7,13,15,18,26H,8-12,14H2,1-5H3,(H,27,32)/t18-/m0/s1. The van der Waals surface area contributed by atoms with Gasteiger partial charge in [-0.2, -0.15) is 0 Å². The summed E-state index contributed by atoms with van der Waals surface area (Å²) in [5.41, 5.74) is -0.693. The molecule has 2 N–H and O–H groups in total. The van der Waals surface area contributed by atoms with Crippen LogP contribution in [0.25, 0.3) is 0 Å². The van der Waals surface area contributed by atoms with Crippen molar-refractivity contribution in [1.29, 1.82) is 0 Å². The van der Waals surface area contributed by atoms with Crippen molar-refractivity contribution < 1.29 is 27.5 Å². The number of nitrogens with one attached hydrogen (secondary N) is 2. The van der Waals surface area contributed by atoms with Gasteiger partial charge in [0.15, 0.2) is 0 Å². The first-order valence-corrected chi connectivity index (χ1v) is 13.8. The SMILES string of the molecule is CC(C)C[C@H](NC(=O)OC(C)(C)C)C(=O)N1CCN(C(=O)CNS(=O)(=O)c2ccc(Cl)cc2Cl)CC1. The van der Waals surface area contributed by atoms with E-state index < -0.39 is 40.2 Å². The molecule has 13 heteroatoms. The van der Waals surface area contributed by atoms with Gasteiger partial charge < -0.3 is 19.9 Å². The van der Waals surface area contributed by atoms with E-state index in [4.69, 9.17) is 27.9 Å². The third kappa shape index (κ3) is 9.10. The Labute approximate surface area is 222 Å². The van der Waals surface area contributed by atoms with Gasteiger partial charge in [0.25, 0.3) is 0 Å². The number of carbonyl (C=O) groups excluding carboxylic acids is 3. The zero-order valence-corrected chi connectivity index (χ0v) is 23.5. The fourth-order valence-corrected chi connectivity index (χ4v) is 5.32. The van der Waals surface area contributed by atoms with Crippen LogP contribution in [0.1, 0.15) is 41.0 Å². The molecule has 2 rings (SSSR count). The fraction of sp³-hybridized carbons (Fsp3) is 0.609. The summed E-state index contributed by atoms with van der Waals surface area (Å²) in [4.78, 5) is 40.9. The molecule has 0 aliphatic carbocycles. The quantitative estimate of drug-likeness (QED) is 0.500. The smallest absolute Gasteiger partial charge is 0.408 e. The molecule has 0 unspecified atom stereocenters. The van der Waals surface area contributed by atoms with Crippen LogP contribution in [0, 0.1) is 5.92 Å². The number of carbonyl (C=O) groups is 3. The van der Waals surface area contributed by atoms with Crippen molar-refractivity contribution in [2.45, 2.75) is 57.6 Å². The van der Waals surface area contributed by atoms with Crippen molar-refractivity contribution in [2.75, 3.05) is 32.7 Å². The number of piperazine rings is 1. The van der Waals surface area contributed by atoms with Gasteiger partial charge in [0, 0.05) is 31.2 Å². The van der Waals surface area contributed by atoms with E-state index in [1.807, 2.05) is 13.8 Å². The Morgan fingerprint density at radius 1 is 1.06 bits per heavy atom. The number of hydrogen-bond acceptors (Lipinski definition) is 6. The zero-order chi connectivity index (χ0) is 27.3. The molecular weight excluding hydrogens is 531 g/mol. The maximum atomic E-state index is 13.1. The molecule has 3 amide bonds. The minimum atomic E-state index is -4.02. The molecule has 1 aromatic carbocycles. The van der Waals surface area contributed by atoms with Crippen molar-refractivity contribution in [1.82, 2.24) is 19.8 Å². The first-order chi connectivity index (χ1) is 16.6. The van der Waals surface area contributed by atoms with Crippen LogP contribution in [-0.4, -0.2) is 80.5 Å². The summed E-state index contributed by atoms with van der Waals surface area (Å²) in [5, 5.41) is 2.91. The Kier molecular flexibility index (Phi) is 10.4. The second-order valence-corrected chi connectivity index (χ2v) is 12.5. The predicted octanol–water partition coefficient (Wildman–Crippen LogP) is 2.88. The lowest BCUT2D eigenvalue weighted by molar-refractivity contribution is -0.140. The van der Waals surface area contributed by atoms with Gasteiger partial charge in [0.05, 0.1) is 11.6 Å². The van der Waals surface area contributed by atoms with Gasteiger partial charge in [-0.25, -0.2) is 17.9 Å². The van der Waals surface area contributed by atoms with E-state index in [1.165, 1.54) is 23.1 Å². The summed E-state index contributed by atoms with van der Waals surface area (Å²) in [6.45, 7) is 9.65. The highest BCUT2D eigenvalue weighted by Crippen LogP contribution is 2.24. The van der Waals surface area contributed by atoms with Gasteiger partial charge >= 0.3 is 6.09 Å². The third-order valence-electron chi connectivity index (χ3n) is 5.24. The summed E-state index contributed by atoms with van der Waals surface area (Å²) in [5.74, 6) is -0.528. The van der Waals surface area contributed by atoms with Crippen LogP contribution >= 0.6 is 23.2 Å². The average molecular weight is 566 g/mol. The molecule has 1 heterocycles. The van der Waals surface area contributed by atoms with Crippen LogP contribution < -0.4 is 10.0 Å². The minimum Gasteiger partial charge on any atom is -0.444 e. The first-order valence-electron chi connectivity index (χ1n) is 11.6. The van der Waals surface area contributed by atoms with Gasteiger partial charge in [0.1, 0.15) is 16.5 Å². The van der Waals surface area contributed by atoms with Crippen LogP contribution in [0.15, 0.2) is 23.1 Å². The topological polar surface area (TPSA) is 125 Å². The molecule has 1 saturated heterocycles. The summed E-state index contributed by atoms with van der Waals surface area (Å²) in [6, 6.07) is 3.21. The molecule has 0 saturated carbocycles. The van der Waals surface area contributed by atoms with Crippen molar-refractivity contribution in [3.05, 3.63) is 28.2 Å². The lowest BCUT2D eigenvalue weighted by Crippen LogP contribution is -2.57. The van der Waals surface area contributed by atoms with Crippen LogP contribution in [0.3, 0.4) is 0 Å². The maximum absolute atomic E-state index is 13.1. The Balaban J connectivity index is 1.93. The normalized spacial score (nSPS) is 15.6. The highest BCUT2D eigenvalue weighted by Gasteiger charge is 2.32. The first kappa shape index (κ1) is 30.1. The number of alkyl carbamates (subject to hydrolysis) is 1. The number of ether oxygens (including phenoxy) is 1. The highest BCUT2D eigenvalue weighted by atomic mass is 35.5. The Morgan fingerprint density at radius 3 is 2.17 bits per heavy atom. The summed E-state index contributed by atoms with van der Waals surface area (Å²) in [7, 11) is -4.02. The van der Waals surface area contributed by atoms with Crippen molar-refractivity contribution >= 4 is 51.1 Å². The fourth-order valence-electron chi connectivity index (χ4n) is 3.58. The Hall–Kier alpha value is -2.08. The molecule has 0 spiro atoms. The van der Waals surface area contributed by atoms with E-state index in [9.17, 15) is 22.8 Å². The van der Waals surface area contributed by atoms with Gasteiger partial charge in [-0.05, 0) is 51.3 Å². The minimum absolute atomic E-state index is 0.0504.